The molecule has 3 aromatic carbocycles. The summed E-state index contributed by atoms with van der Waals surface area (Å²) in [6, 6.07) is 16.9. The number of nitrogens with zero attached hydrogens (tertiary/aromatic N) is 1. The van der Waals surface area contributed by atoms with Crippen molar-refractivity contribution in [2.24, 2.45) is 5.10 Å². The van der Waals surface area contributed by atoms with Crippen molar-refractivity contribution in [3.05, 3.63) is 82.9 Å². The summed E-state index contributed by atoms with van der Waals surface area (Å²) >= 11 is 0. The van der Waals surface area contributed by atoms with E-state index in [9.17, 15) is 9.59 Å². The first-order valence-corrected chi connectivity index (χ1v) is 10.6. The van der Waals surface area contributed by atoms with E-state index in [1.165, 1.54) is 13.3 Å². The number of nitrogens with one attached hydrogen (secondary N) is 1. The molecule has 0 radical (unpaired) electrons. The van der Waals surface area contributed by atoms with Gasteiger partial charge in [0, 0.05) is 0 Å². The van der Waals surface area contributed by atoms with E-state index in [0.717, 1.165) is 5.56 Å². The van der Waals surface area contributed by atoms with Crippen LogP contribution in [0.1, 0.15) is 38.8 Å². The molecule has 0 saturated heterocycles. The van der Waals surface area contributed by atoms with Crippen LogP contribution in [0.25, 0.3) is 0 Å². The van der Waals surface area contributed by atoms with E-state index in [1.54, 1.807) is 61.7 Å². The van der Waals surface area contributed by atoms with Gasteiger partial charge < -0.3 is 18.9 Å². The highest BCUT2D eigenvalue weighted by Crippen LogP contribution is 2.29. The number of amides is 1. The quantitative estimate of drug-likeness (QED) is 0.219. The number of carbonyl (C=O) groups is 2. The van der Waals surface area contributed by atoms with Crippen molar-refractivity contribution in [1.82, 2.24) is 5.43 Å². The van der Waals surface area contributed by atoms with Gasteiger partial charge in [0.05, 0.1) is 38.2 Å². The zero-order valence-electron chi connectivity index (χ0n) is 19.5. The third-order valence-electron chi connectivity index (χ3n) is 4.78. The summed E-state index contributed by atoms with van der Waals surface area (Å²) in [5.74, 6) is 0.832. The molecule has 0 saturated carbocycles. The van der Waals surface area contributed by atoms with Crippen LogP contribution < -0.4 is 24.4 Å². The van der Waals surface area contributed by atoms with Gasteiger partial charge in [-0.15, -0.1) is 0 Å². The number of rotatable bonds is 9. The Morgan fingerprint density at radius 1 is 0.912 bits per heavy atom. The molecule has 0 unspecified atom stereocenters. The topological polar surface area (TPSA) is 95.5 Å². The van der Waals surface area contributed by atoms with Crippen LogP contribution in [0.2, 0.25) is 0 Å². The van der Waals surface area contributed by atoms with Crippen molar-refractivity contribution >= 4 is 18.1 Å². The molecule has 0 heterocycles. The first-order chi connectivity index (χ1) is 16.4. The van der Waals surface area contributed by atoms with Gasteiger partial charge in [0.25, 0.3) is 5.91 Å². The summed E-state index contributed by atoms with van der Waals surface area (Å²) in [6.45, 7) is 4.11. The molecule has 0 aromatic heterocycles. The molecule has 8 heteroatoms. The Morgan fingerprint density at radius 2 is 1.68 bits per heavy atom. The monoisotopic (exact) mass is 462 g/mol. The molecule has 34 heavy (non-hydrogen) atoms. The smallest absolute Gasteiger partial charge is 0.343 e. The Hall–Kier alpha value is -4.33. The lowest BCUT2D eigenvalue weighted by Crippen LogP contribution is -2.18. The molecule has 176 valence electrons. The lowest BCUT2D eigenvalue weighted by molar-refractivity contribution is 0.0728. The van der Waals surface area contributed by atoms with Crippen LogP contribution in [0, 0.1) is 6.92 Å². The van der Waals surface area contributed by atoms with Gasteiger partial charge in [-0.05, 0) is 79.6 Å². The van der Waals surface area contributed by atoms with Crippen LogP contribution in [0.3, 0.4) is 0 Å². The van der Waals surface area contributed by atoms with Gasteiger partial charge in [-0.25, -0.2) is 10.2 Å². The molecule has 1 amide bonds. The van der Waals surface area contributed by atoms with Crippen LogP contribution in [0.4, 0.5) is 0 Å². The Morgan fingerprint density at radius 3 is 2.35 bits per heavy atom. The van der Waals surface area contributed by atoms with Crippen molar-refractivity contribution in [3.8, 4) is 23.0 Å². The number of hydrazone groups is 1. The van der Waals surface area contributed by atoms with E-state index < -0.39 is 11.9 Å². The van der Waals surface area contributed by atoms with Crippen LogP contribution in [0.15, 0.2) is 65.8 Å². The van der Waals surface area contributed by atoms with Gasteiger partial charge in [-0.3, -0.25) is 4.79 Å². The molecular formula is C26H26N2O6. The van der Waals surface area contributed by atoms with E-state index in [4.69, 9.17) is 18.9 Å². The molecule has 0 spiro atoms. The van der Waals surface area contributed by atoms with E-state index in [-0.39, 0.29) is 5.75 Å². The molecule has 0 fully saturated rings. The highest BCUT2D eigenvalue weighted by molar-refractivity contribution is 5.97. The van der Waals surface area contributed by atoms with E-state index >= 15 is 0 Å². The van der Waals surface area contributed by atoms with Gasteiger partial charge in [0.2, 0.25) is 0 Å². The second kappa shape index (κ2) is 11.5. The van der Waals surface area contributed by atoms with Crippen LogP contribution in [-0.4, -0.2) is 38.9 Å². The van der Waals surface area contributed by atoms with E-state index in [1.807, 2.05) is 19.9 Å². The summed E-state index contributed by atoms with van der Waals surface area (Å²) in [5, 5.41) is 4.02. The lowest BCUT2D eigenvalue weighted by atomic mass is 10.1. The van der Waals surface area contributed by atoms with Gasteiger partial charge in [0.1, 0.15) is 11.5 Å². The van der Waals surface area contributed by atoms with Gasteiger partial charge >= 0.3 is 5.97 Å². The molecule has 3 rings (SSSR count). The highest BCUT2D eigenvalue weighted by Gasteiger charge is 2.14. The second-order valence-corrected chi connectivity index (χ2v) is 7.16. The Kier molecular flexibility index (Phi) is 8.23. The lowest BCUT2D eigenvalue weighted by Gasteiger charge is -2.11. The third kappa shape index (κ3) is 6.13. The van der Waals surface area contributed by atoms with Crippen LogP contribution in [0.5, 0.6) is 23.0 Å². The first kappa shape index (κ1) is 24.3. The van der Waals surface area contributed by atoms with Crippen molar-refractivity contribution in [3.63, 3.8) is 0 Å². The molecule has 0 aliphatic rings. The maximum atomic E-state index is 12.5. The number of hydrogen-bond donors (Lipinski definition) is 1. The molecular weight excluding hydrogens is 436 g/mol. The van der Waals surface area contributed by atoms with Crippen molar-refractivity contribution < 1.29 is 28.5 Å². The molecule has 3 aromatic rings. The van der Waals surface area contributed by atoms with Crippen LogP contribution in [-0.2, 0) is 0 Å². The summed E-state index contributed by atoms with van der Waals surface area (Å²) in [5.41, 5.74) is 4.86. The van der Waals surface area contributed by atoms with Crippen molar-refractivity contribution in [2.75, 3.05) is 20.8 Å². The van der Waals surface area contributed by atoms with Crippen molar-refractivity contribution in [1.29, 1.82) is 0 Å². The SMILES string of the molecule is CCOc1cc(/C=N\NC(=O)c2ccc(C)cc2OC)ccc1OC(=O)c1ccc(OC)cc1. The minimum atomic E-state index is -0.524. The van der Waals surface area contributed by atoms with Gasteiger partial charge in [-0.1, -0.05) is 6.07 Å². The van der Waals surface area contributed by atoms with E-state index in [2.05, 4.69) is 10.5 Å². The van der Waals surface area contributed by atoms with Crippen LogP contribution >= 0.6 is 0 Å². The summed E-state index contributed by atoms with van der Waals surface area (Å²) < 4.78 is 21.5. The maximum Gasteiger partial charge on any atom is 0.343 e. The maximum absolute atomic E-state index is 12.5. The Labute approximate surface area is 198 Å². The minimum Gasteiger partial charge on any atom is -0.497 e. The zero-order chi connectivity index (χ0) is 24.5. The Bertz CT molecular complexity index is 1190. The minimum absolute atomic E-state index is 0.272. The zero-order valence-corrected chi connectivity index (χ0v) is 19.5. The van der Waals surface area contributed by atoms with E-state index in [0.29, 0.717) is 40.5 Å². The number of aryl methyl sites for hydroxylation is 1. The van der Waals surface area contributed by atoms with Gasteiger partial charge in [-0.2, -0.15) is 5.10 Å². The molecule has 0 bridgehead atoms. The highest BCUT2D eigenvalue weighted by atomic mass is 16.6. The predicted molar refractivity (Wildman–Crippen MR) is 128 cm³/mol. The fraction of sp³-hybridized carbons (Fsp3) is 0.192. The molecule has 0 aliphatic carbocycles. The molecule has 1 N–H and O–H groups in total. The first-order valence-electron chi connectivity index (χ1n) is 10.6. The predicted octanol–water partition coefficient (Wildman–Crippen LogP) is 4.39. The number of methoxy groups -OCH3 is 2. The third-order valence-corrected chi connectivity index (χ3v) is 4.78. The normalized spacial score (nSPS) is 10.6. The number of ether oxygens (including phenoxy) is 4. The van der Waals surface area contributed by atoms with Crippen molar-refractivity contribution in [2.45, 2.75) is 13.8 Å². The largest absolute Gasteiger partial charge is 0.497 e. The number of carbonyl (C=O) groups excluding carboxylic acids is 2. The number of esters is 1. The summed E-state index contributed by atoms with van der Waals surface area (Å²) in [4.78, 5) is 25.0. The Balaban J connectivity index is 1.71. The number of hydrogen-bond acceptors (Lipinski definition) is 7. The fourth-order valence-electron chi connectivity index (χ4n) is 3.06. The molecule has 8 nitrogen and oxygen atoms in total. The fourth-order valence-corrected chi connectivity index (χ4v) is 3.06. The molecule has 0 atom stereocenters. The average molecular weight is 463 g/mol. The summed E-state index contributed by atoms with van der Waals surface area (Å²) in [7, 11) is 3.06. The summed E-state index contributed by atoms with van der Waals surface area (Å²) in [6.07, 6.45) is 1.47. The van der Waals surface area contributed by atoms with Gasteiger partial charge in [0.15, 0.2) is 11.5 Å². The second-order valence-electron chi connectivity index (χ2n) is 7.16. The standard InChI is InChI=1S/C26H26N2O6/c1-5-33-24-15-18(16-27-28-25(29)21-12-6-17(2)14-23(21)32-4)7-13-22(24)34-26(30)19-8-10-20(31-3)11-9-19/h6-16H,5H2,1-4H3,(H,28,29)/b27-16-. The number of benzene rings is 3. The molecule has 0 aliphatic heterocycles. The average Bonchev–Trinajstić information content (AvgIpc) is 2.85.